The first kappa shape index (κ1) is 20.4. The van der Waals surface area contributed by atoms with Gasteiger partial charge < -0.3 is 14.9 Å². The maximum atomic E-state index is 14.5. The van der Waals surface area contributed by atoms with Crippen molar-refractivity contribution in [3.8, 4) is 22.9 Å². The van der Waals surface area contributed by atoms with Gasteiger partial charge in [-0.15, -0.1) is 0 Å². The molecule has 3 aromatic rings. The van der Waals surface area contributed by atoms with Crippen molar-refractivity contribution in [3.05, 3.63) is 66.1 Å². The quantitative estimate of drug-likeness (QED) is 0.658. The van der Waals surface area contributed by atoms with Crippen LogP contribution in [0.1, 0.15) is 11.1 Å². The first-order valence-corrected chi connectivity index (χ1v) is 9.92. The maximum absolute atomic E-state index is 14.5. The Labute approximate surface area is 179 Å². The fourth-order valence-corrected chi connectivity index (χ4v) is 4.08. The lowest BCUT2D eigenvalue weighted by molar-refractivity contribution is -0.126. The molecule has 31 heavy (non-hydrogen) atoms. The number of amides is 1. The van der Waals surface area contributed by atoms with Crippen molar-refractivity contribution in [1.82, 2.24) is 9.88 Å². The normalized spacial score (nSPS) is 13.8. The van der Waals surface area contributed by atoms with Crippen LogP contribution in [0.5, 0.6) is 5.75 Å². The summed E-state index contributed by atoms with van der Waals surface area (Å²) in [4.78, 5) is 20.1. The number of pyridine rings is 1. The lowest BCUT2D eigenvalue weighted by Gasteiger charge is -2.36. The summed E-state index contributed by atoms with van der Waals surface area (Å²) in [7, 11) is 0. The van der Waals surface area contributed by atoms with Crippen molar-refractivity contribution < 1.29 is 14.3 Å². The molecule has 0 unspecified atom stereocenters. The Morgan fingerprint density at radius 1 is 1.29 bits per heavy atom. The number of anilines is 1. The summed E-state index contributed by atoms with van der Waals surface area (Å²) >= 11 is 0. The molecule has 1 N–H and O–H groups in total. The number of fused-ring (bicyclic) bond motifs is 1. The van der Waals surface area contributed by atoms with Crippen LogP contribution in [0.4, 0.5) is 10.1 Å². The number of aromatic nitrogens is 1. The molecule has 0 aliphatic carbocycles. The Bertz CT molecular complexity index is 1220. The predicted molar refractivity (Wildman–Crippen MR) is 117 cm³/mol. The number of nitriles is 1. The van der Waals surface area contributed by atoms with Crippen LogP contribution in [0.3, 0.4) is 0 Å². The average Bonchev–Trinajstić information content (AvgIpc) is 2.78. The minimum absolute atomic E-state index is 0.107. The van der Waals surface area contributed by atoms with E-state index < -0.39 is 5.82 Å². The molecule has 1 aliphatic rings. The Kier molecular flexibility index (Phi) is 5.30. The minimum Gasteiger partial charge on any atom is -0.507 e. The summed E-state index contributed by atoms with van der Waals surface area (Å²) < 4.78 is 14.5. The van der Waals surface area contributed by atoms with Crippen molar-refractivity contribution in [2.45, 2.75) is 6.92 Å². The number of phenolic OH excluding ortho intramolecular Hbond substituents is 1. The molecule has 1 fully saturated rings. The van der Waals surface area contributed by atoms with E-state index in [1.165, 1.54) is 30.5 Å². The summed E-state index contributed by atoms with van der Waals surface area (Å²) in [5, 5.41) is 20.7. The summed E-state index contributed by atoms with van der Waals surface area (Å²) in [5.41, 5.74) is 3.23. The van der Waals surface area contributed by atoms with Crippen LogP contribution in [0.25, 0.3) is 22.0 Å². The maximum Gasteiger partial charge on any atom is 0.246 e. The number of aromatic hydroxyl groups is 1. The third kappa shape index (κ3) is 3.57. The van der Waals surface area contributed by atoms with Crippen LogP contribution in [-0.4, -0.2) is 47.1 Å². The van der Waals surface area contributed by atoms with Crippen molar-refractivity contribution >= 4 is 22.5 Å². The highest BCUT2D eigenvalue weighted by atomic mass is 19.1. The van der Waals surface area contributed by atoms with Gasteiger partial charge in [-0.05, 0) is 48.4 Å². The number of benzene rings is 2. The van der Waals surface area contributed by atoms with Gasteiger partial charge in [0.1, 0.15) is 17.6 Å². The standard InChI is InChI=1S/C24H21FN4O2/c1-3-22(31)28-7-9-29(10-8-28)24-16(13-26)14-27-20-12-17(15(2)11-18(20)24)23-19(25)5-4-6-21(23)30/h3-6,11-12,14,30H,1,7-10H2,2H3. The van der Waals surface area contributed by atoms with E-state index in [0.717, 1.165) is 16.6 Å². The van der Waals surface area contributed by atoms with Gasteiger partial charge in [-0.2, -0.15) is 5.26 Å². The van der Waals surface area contributed by atoms with E-state index in [0.29, 0.717) is 42.8 Å². The molecule has 2 heterocycles. The predicted octanol–water partition coefficient (Wildman–Crippen LogP) is 3.76. The van der Waals surface area contributed by atoms with Gasteiger partial charge >= 0.3 is 0 Å². The molecule has 4 rings (SSSR count). The lowest BCUT2D eigenvalue weighted by Crippen LogP contribution is -2.48. The first-order valence-electron chi connectivity index (χ1n) is 9.92. The second-order valence-electron chi connectivity index (χ2n) is 7.47. The number of aryl methyl sites for hydroxylation is 1. The molecule has 1 aliphatic heterocycles. The molecular formula is C24H21FN4O2. The third-order valence-corrected chi connectivity index (χ3v) is 5.65. The summed E-state index contributed by atoms with van der Waals surface area (Å²) in [6, 6.07) is 10.0. The van der Waals surface area contributed by atoms with Gasteiger partial charge in [-0.1, -0.05) is 12.6 Å². The van der Waals surface area contributed by atoms with Crippen molar-refractivity contribution in [2.75, 3.05) is 31.1 Å². The number of hydrogen-bond donors (Lipinski definition) is 1. The van der Waals surface area contributed by atoms with Crippen LogP contribution >= 0.6 is 0 Å². The van der Waals surface area contributed by atoms with E-state index in [2.05, 4.69) is 22.5 Å². The average molecular weight is 416 g/mol. The molecule has 6 nitrogen and oxygen atoms in total. The van der Waals surface area contributed by atoms with Crippen molar-refractivity contribution in [2.24, 2.45) is 0 Å². The zero-order valence-corrected chi connectivity index (χ0v) is 17.1. The number of carbonyl (C=O) groups excluding carboxylic acids is 1. The fraction of sp³-hybridized carbons (Fsp3) is 0.208. The third-order valence-electron chi connectivity index (χ3n) is 5.65. The van der Waals surface area contributed by atoms with Gasteiger partial charge in [0.05, 0.1) is 22.3 Å². The molecule has 7 heteroatoms. The molecule has 1 saturated heterocycles. The van der Waals surface area contributed by atoms with Gasteiger partial charge in [-0.3, -0.25) is 9.78 Å². The number of hydrogen-bond acceptors (Lipinski definition) is 5. The SMILES string of the molecule is C=CC(=O)N1CCN(c2c(C#N)cnc3cc(-c4c(O)cccc4F)c(C)cc23)CC1. The second kappa shape index (κ2) is 8.07. The van der Waals surface area contributed by atoms with E-state index in [4.69, 9.17) is 0 Å². The Morgan fingerprint density at radius 2 is 2.03 bits per heavy atom. The minimum atomic E-state index is -0.515. The summed E-state index contributed by atoms with van der Waals surface area (Å²) in [6.07, 6.45) is 2.82. The second-order valence-corrected chi connectivity index (χ2v) is 7.47. The van der Waals surface area contributed by atoms with Gasteiger partial charge in [-0.25, -0.2) is 4.39 Å². The lowest BCUT2D eigenvalue weighted by atomic mass is 9.95. The summed E-state index contributed by atoms with van der Waals surface area (Å²) in [6.45, 7) is 7.57. The van der Waals surface area contributed by atoms with Crippen molar-refractivity contribution in [1.29, 1.82) is 5.26 Å². The molecule has 2 aromatic carbocycles. The molecule has 0 saturated carbocycles. The first-order chi connectivity index (χ1) is 14.9. The van der Waals surface area contributed by atoms with Gasteiger partial charge in [0.2, 0.25) is 5.91 Å². The highest BCUT2D eigenvalue weighted by Crippen LogP contribution is 2.38. The van der Waals surface area contributed by atoms with E-state index in [1.54, 1.807) is 11.0 Å². The van der Waals surface area contributed by atoms with Crippen LogP contribution in [0, 0.1) is 24.1 Å². The Hall–Kier alpha value is -3.92. The highest BCUT2D eigenvalue weighted by molar-refractivity contribution is 5.98. The summed E-state index contributed by atoms with van der Waals surface area (Å²) in [5.74, 6) is -0.761. The zero-order valence-electron chi connectivity index (χ0n) is 17.1. The smallest absolute Gasteiger partial charge is 0.246 e. The Balaban J connectivity index is 1.82. The molecule has 0 radical (unpaired) electrons. The number of halogens is 1. The van der Waals surface area contributed by atoms with E-state index in [1.807, 2.05) is 13.0 Å². The molecule has 0 spiro atoms. The molecular weight excluding hydrogens is 395 g/mol. The fourth-order valence-electron chi connectivity index (χ4n) is 4.08. The number of carbonyl (C=O) groups is 1. The molecule has 0 bridgehead atoms. The largest absolute Gasteiger partial charge is 0.507 e. The molecule has 0 atom stereocenters. The van der Waals surface area contributed by atoms with Crippen LogP contribution in [-0.2, 0) is 4.79 Å². The van der Waals surface area contributed by atoms with E-state index >= 15 is 0 Å². The topological polar surface area (TPSA) is 80.5 Å². The van der Waals surface area contributed by atoms with Crippen molar-refractivity contribution in [3.63, 3.8) is 0 Å². The molecule has 156 valence electrons. The zero-order chi connectivity index (χ0) is 22.1. The van der Waals surface area contributed by atoms with Gasteiger partial charge in [0, 0.05) is 37.8 Å². The Morgan fingerprint density at radius 3 is 2.68 bits per heavy atom. The van der Waals surface area contributed by atoms with Crippen LogP contribution in [0.15, 0.2) is 49.2 Å². The molecule has 1 aromatic heterocycles. The van der Waals surface area contributed by atoms with E-state index in [9.17, 15) is 19.6 Å². The van der Waals surface area contributed by atoms with Crippen LogP contribution < -0.4 is 4.90 Å². The van der Waals surface area contributed by atoms with Gasteiger partial charge in [0.15, 0.2) is 0 Å². The van der Waals surface area contributed by atoms with Gasteiger partial charge in [0.25, 0.3) is 0 Å². The number of piperazine rings is 1. The van der Waals surface area contributed by atoms with E-state index in [-0.39, 0.29) is 17.2 Å². The number of nitrogens with zero attached hydrogens (tertiary/aromatic N) is 4. The number of phenols is 1. The van der Waals surface area contributed by atoms with Crippen LogP contribution in [0.2, 0.25) is 0 Å². The molecule has 1 amide bonds. The number of rotatable bonds is 3. The highest BCUT2D eigenvalue weighted by Gasteiger charge is 2.24. The monoisotopic (exact) mass is 416 g/mol.